The molecule has 0 aliphatic carbocycles. The predicted molar refractivity (Wildman–Crippen MR) is 137 cm³/mol. The number of ether oxygens (including phenoxy) is 2. The van der Waals surface area contributed by atoms with Gasteiger partial charge >= 0.3 is 0 Å². The molecule has 3 aliphatic rings. The van der Waals surface area contributed by atoms with Crippen LogP contribution in [0.25, 0.3) is 38.6 Å². The molecule has 0 saturated heterocycles. The first-order valence-corrected chi connectivity index (χ1v) is 11.7. The third-order valence-electron chi connectivity index (χ3n) is 7.65. The van der Waals surface area contributed by atoms with Crippen LogP contribution in [-0.4, -0.2) is 11.3 Å². The standard InChI is InChI=1S/C30H16BNO2/c1-2-7-17(8-3-1)18-9-4-10-20-26(18)19-15-16-25-29-30(19)32(20)21-11-5-12-22-27(21)31(29)28-23(33-22)13-6-14-24(28)34-25/h1-16H. The molecule has 3 nitrogen and oxygen atoms in total. The van der Waals surface area contributed by atoms with Gasteiger partial charge in [-0.25, -0.2) is 0 Å². The second-order valence-corrected chi connectivity index (χ2v) is 9.27. The molecule has 3 aliphatic heterocycles. The van der Waals surface area contributed by atoms with Crippen molar-refractivity contribution in [3.05, 3.63) is 97.1 Å². The molecule has 0 fully saturated rings. The van der Waals surface area contributed by atoms with Crippen molar-refractivity contribution in [2.24, 2.45) is 0 Å². The zero-order chi connectivity index (χ0) is 22.0. The molecule has 5 aromatic carbocycles. The lowest BCUT2D eigenvalue weighted by atomic mass is 9.33. The maximum absolute atomic E-state index is 6.49. The minimum absolute atomic E-state index is 0.107. The van der Waals surface area contributed by atoms with Crippen LogP contribution in [0.2, 0.25) is 0 Å². The van der Waals surface area contributed by atoms with E-state index in [9.17, 15) is 0 Å². The first-order valence-electron chi connectivity index (χ1n) is 11.7. The molecule has 9 rings (SSSR count). The van der Waals surface area contributed by atoms with Gasteiger partial charge in [0.25, 0.3) is 6.71 Å². The van der Waals surface area contributed by atoms with Gasteiger partial charge in [0.05, 0.1) is 11.0 Å². The zero-order valence-corrected chi connectivity index (χ0v) is 18.1. The zero-order valence-electron chi connectivity index (χ0n) is 18.1. The second kappa shape index (κ2) is 5.73. The summed E-state index contributed by atoms with van der Waals surface area (Å²) in [5, 5.41) is 2.54. The van der Waals surface area contributed by atoms with Crippen molar-refractivity contribution < 1.29 is 9.47 Å². The van der Waals surface area contributed by atoms with Gasteiger partial charge in [0.2, 0.25) is 0 Å². The molecular weight excluding hydrogens is 417 g/mol. The Bertz CT molecular complexity index is 1850. The molecule has 0 saturated carbocycles. The Morgan fingerprint density at radius 3 is 2.09 bits per heavy atom. The number of rotatable bonds is 1. The van der Waals surface area contributed by atoms with Crippen molar-refractivity contribution in [1.29, 1.82) is 0 Å². The third kappa shape index (κ3) is 1.85. The van der Waals surface area contributed by atoms with Gasteiger partial charge in [-0.1, -0.05) is 54.6 Å². The first kappa shape index (κ1) is 17.1. The molecule has 0 atom stereocenters. The van der Waals surface area contributed by atoms with Crippen LogP contribution < -0.4 is 25.9 Å². The van der Waals surface area contributed by atoms with E-state index < -0.39 is 0 Å². The van der Waals surface area contributed by atoms with Gasteiger partial charge in [0.1, 0.15) is 23.0 Å². The number of aromatic nitrogens is 1. The van der Waals surface area contributed by atoms with E-state index in [1.54, 1.807) is 0 Å². The summed E-state index contributed by atoms with van der Waals surface area (Å²) in [4.78, 5) is 0. The Morgan fingerprint density at radius 1 is 0.559 bits per heavy atom. The molecule has 6 aromatic rings. The van der Waals surface area contributed by atoms with Crippen molar-refractivity contribution in [2.75, 3.05) is 0 Å². The van der Waals surface area contributed by atoms with Gasteiger partial charge < -0.3 is 14.0 Å². The van der Waals surface area contributed by atoms with E-state index in [2.05, 4.69) is 95.6 Å². The molecule has 0 N–H and O–H groups in total. The van der Waals surface area contributed by atoms with E-state index in [4.69, 9.17) is 9.47 Å². The summed E-state index contributed by atoms with van der Waals surface area (Å²) in [5.74, 6) is 3.66. The van der Waals surface area contributed by atoms with E-state index in [1.165, 1.54) is 49.5 Å². The minimum Gasteiger partial charge on any atom is -0.458 e. The lowest BCUT2D eigenvalue weighted by Gasteiger charge is -2.37. The van der Waals surface area contributed by atoms with Gasteiger partial charge in [0.15, 0.2) is 0 Å². The summed E-state index contributed by atoms with van der Waals surface area (Å²) >= 11 is 0. The second-order valence-electron chi connectivity index (χ2n) is 9.27. The number of benzene rings is 5. The van der Waals surface area contributed by atoms with Crippen LogP contribution in [-0.2, 0) is 0 Å². The summed E-state index contributed by atoms with van der Waals surface area (Å²) in [6.45, 7) is 0.107. The Labute approximate surface area is 195 Å². The highest BCUT2D eigenvalue weighted by Gasteiger charge is 2.46. The van der Waals surface area contributed by atoms with Crippen molar-refractivity contribution >= 4 is 44.9 Å². The van der Waals surface area contributed by atoms with E-state index in [1.807, 2.05) is 6.07 Å². The quantitative estimate of drug-likeness (QED) is 0.320. The molecule has 156 valence electrons. The van der Waals surface area contributed by atoms with Crippen LogP contribution in [0.3, 0.4) is 0 Å². The smallest absolute Gasteiger partial charge is 0.266 e. The van der Waals surface area contributed by atoms with Crippen LogP contribution in [0.15, 0.2) is 97.1 Å². The fourth-order valence-electron chi connectivity index (χ4n) is 6.40. The molecule has 34 heavy (non-hydrogen) atoms. The van der Waals surface area contributed by atoms with Crippen LogP contribution in [0.1, 0.15) is 0 Å². The number of fused-ring (bicyclic) bond motifs is 4. The molecule has 4 heteroatoms. The van der Waals surface area contributed by atoms with Crippen molar-refractivity contribution in [1.82, 2.24) is 4.57 Å². The number of hydrogen-bond donors (Lipinski definition) is 0. The largest absolute Gasteiger partial charge is 0.458 e. The van der Waals surface area contributed by atoms with Crippen LogP contribution in [0.5, 0.6) is 23.0 Å². The average Bonchev–Trinajstić information content (AvgIpc) is 3.24. The maximum Gasteiger partial charge on any atom is 0.266 e. The fourth-order valence-corrected chi connectivity index (χ4v) is 6.40. The SMILES string of the molecule is c1ccc(-c2cccc3c2c2ccc4c5c2n3-c2cccc3c2B5c2c(cccc2O4)O3)cc1. The highest BCUT2D eigenvalue weighted by Crippen LogP contribution is 2.44. The molecule has 0 amide bonds. The maximum atomic E-state index is 6.49. The Balaban J connectivity index is 1.53. The van der Waals surface area contributed by atoms with E-state index >= 15 is 0 Å². The van der Waals surface area contributed by atoms with Gasteiger partial charge in [-0.2, -0.15) is 0 Å². The molecular formula is C30H16BNO2. The molecule has 0 spiro atoms. The molecule has 4 heterocycles. The Morgan fingerprint density at radius 2 is 1.26 bits per heavy atom. The normalized spacial score (nSPS) is 13.7. The minimum atomic E-state index is 0.107. The Hall–Kier alpha value is -4.44. The van der Waals surface area contributed by atoms with Crippen molar-refractivity contribution in [3.8, 4) is 39.8 Å². The van der Waals surface area contributed by atoms with Gasteiger partial charge in [0, 0.05) is 21.9 Å². The van der Waals surface area contributed by atoms with Crippen LogP contribution in [0.4, 0.5) is 0 Å². The number of nitrogens with zero attached hydrogens (tertiary/aromatic N) is 1. The molecule has 0 radical (unpaired) electrons. The summed E-state index contributed by atoms with van der Waals surface area (Å²) in [6, 6.07) is 34.3. The highest BCUT2D eigenvalue weighted by molar-refractivity contribution is 7.00. The van der Waals surface area contributed by atoms with Crippen LogP contribution >= 0.6 is 0 Å². The average molecular weight is 433 g/mol. The molecule has 0 bridgehead atoms. The Kier molecular flexibility index (Phi) is 2.88. The van der Waals surface area contributed by atoms with Crippen molar-refractivity contribution in [3.63, 3.8) is 0 Å². The lowest BCUT2D eigenvalue weighted by Crippen LogP contribution is -2.60. The van der Waals surface area contributed by atoms with E-state index in [-0.39, 0.29) is 6.71 Å². The summed E-state index contributed by atoms with van der Waals surface area (Å²) < 4.78 is 15.3. The molecule has 0 unspecified atom stereocenters. The predicted octanol–water partition coefficient (Wildman–Crippen LogP) is 5.49. The van der Waals surface area contributed by atoms with Crippen molar-refractivity contribution in [2.45, 2.75) is 0 Å². The summed E-state index contributed by atoms with van der Waals surface area (Å²) in [6.07, 6.45) is 0. The van der Waals surface area contributed by atoms with Crippen LogP contribution in [0, 0.1) is 0 Å². The highest BCUT2D eigenvalue weighted by atomic mass is 16.5. The van der Waals surface area contributed by atoms with Gasteiger partial charge in [-0.05, 0) is 64.5 Å². The first-order chi connectivity index (χ1) is 16.9. The summed E-state index contributed by atoms with van der Waals surface area (Å²) in [5.41, 5.74) is 9.75. The van der Waals surface area contributed by atoms with Gasteiger partial charge in [-0.3, -0.25) is 0 Å². The van der Waals surface area contributed by atoms with E-state index in [0.717, 1.165) is 28.5 Å². The van der Waals surface area contributed by atoms with Gasteiger partial charge in [-0.15, -0.1) is 0 Å². The number of hydrogen-bond acceptors (Lipinski definition) is 2. The third-order valence-corrected chi connectivity index (χ3v) is 7.65. The topological polar surface area (TPSA) is 23.4 Å². The fraction of sp³-hybridized carbons (Fsp3) is 0. The monoisotopic (exact) mass is 433 g/mol. The summed E-state index contributed by atoms with van der Waals surface area (Å²) in [7, 11) is 0. The molecule has 1 aromatic heterocycles. The van der Waals surface area contributed by atoms with E-state index in [0.29, 0.717) is 0 Å². The lowest BCUT2D eigenvalue weighted by molar-refractivity contribution is 0.464.